The molecule has 0 saturated carbocycles. The molecule has 1 aromatic heterocycles. The van der Waals surface area contributed by atoms with Gasteiger partial charge in [0.05, 0.1) is 5.02 Å². The molecule has 2 aromatic rings. The lowest BCUT2D eigenvalue weighted by Crippen LogP contribution is -2.30. The van der Waals surface area contributed by atoms with Gasteiger partial charge in [0.2, 0.25) is 0 Å². The highest BCUT2D eigenvalue weighted by Gasteiger charge is 2.14. The first-order chi connectivity index (χ1) is 10.6. The molecule has 1 aliphatic rings. The van der Waals surface area contributed by atoms with E-state index in [1.54, 1.807) is 12.1 Å². The van der Waals surface area contributed by atoms with Gasteiger partial charge in [-0.05, 0) is 44.4 Å². The second-order valence-corrected chi connectivity index (χ2v) is 5.87. The van der Waals surface area contributed by atoms with Crippen LogP contribution in [-0.2, 0) is 0 Å². The van der Waals surface area contributed by atoms with Gasteiger partial charge < -0.3 is 10.2 Å². The minimum Gasteiger partial charge on any atom is -0.356 e. The average molecular weight is 321 g/mol. The van der Waals surface area contributed by atoms with Crippen LogP contribution in [0.1, 0.15) is 25.1 Å². The number of nitrogens with zero attached hydrogens (tertiary/aromatic N) is 3. The molecule has 0 spiro atoms. The predicted molar refractivity (Wildman–Crippen MR) is 87.5 cm³/mol. The van der Waals surface area contributed by atoms with E-state index in [0.717, 1.165) is 18.9 Å². The van der Waals surface area contributed by atoms with Crippen molar-refractivity contribution >= 4 is 28.9 Å². The minimum atomic E-state index is -0.430. The number of benzene rings is 1. The molecule has 0 bridgehead atoms. The molecule has 4 nitrogen and oxygen atoms in total. The second kappa shape index (κ2) is 6.48. The van der Waals surface area contributed by atoms with Gasteiger partial charge in [-0.2, -0.15) is 0 Å². The maximum Gasteiger partial charge on any atom is 0.141 e. The second-order valence-electron chi connectivity index (χ2n) is 5.46. The molecule has 1 N–H and O–H groups in total. The number of nitrogens with one attached hydrogen (secondary N) is 1. The van der Waals surface area contributed by atoms with Crippen molar-refractivity contribution in [3.63, 3.8) is 0 Å². The molecule has 1 fully saturated rings. The smallest absolute Gasteiger partial charge is 0.141 e. The van der Waals surface area contributed by atoms with E-state index in [1.165, 1.54) is 25.3 Å². The van der Waals surface area contributed by atoms with Crippen molar-refractivity contribution in [3.05, 3.63) is 40.9 Å². The van der Waals surface area contributed by atoms with Crippen molar-refractivity contribution in [2.75, 3.05) is 23.3 Å². The molecular formula is C16H18ClFN4. The van der Waals surface area contributed by atoms with Gasteiger partial charge in [0.25, 0.3) is 0 Å². The van der Waals surface area contributed by atoms with Crippen LogP contribution < -0.4 is 10.2 Å². The first-order valence-electron chi connectivity index (χ1n) is 7.44. The summed E-state index contributed by atoms with van der Waals surface area (Å²) in [7, 11) is 0. The highest BCUT2D eigenvalue weighted by Crippen LogP contribution is 2.25. The lowest BCUT2D eigenvalue weighted by atomic mass is 10.1. The van der Waals surface area contributed by atoms with Crippen LogP contribution in [0.4, 0.5) is 21.7 Å². The Morgan fingerprint density at radius 3 is 2.64 bits per heavy atom. The normalized spacial score (nSPS) is 15.0. The maximum absolute atomic E-state index is 13.2. The third-order valence-electron chi connectivity index (χ3n) is 3.70. The van der Waals surface area contributed by atoms with E-state index in [4.69, 9.17) is 11.6 Å². The monoisotopic (exact) mass is 320 g/mol. The molecule has 0 unspecified atom stereocenters. The maximum atomic E-state index is 13.2. The summed E-state index contributed by atoms with van der Waals surface area (Å²) in [4.78, 5) is 11.2. The summed E-state index contributed by atoms with van der Waals surface area (Å²) in [6.45, 7) is 3.92. The lowest BCUT2D eigenvalue weighted by Gasteiger charge is -2.28. The van der Waals surface area contributed by atoms with E-state index in [2.05, 4.69) is 20.2 Å². The Kier molecular flexibility index (Phi) is 4.43. The average Bonchev–Trinajstić information content (AvgIpc) is 2.51. The van der Waals surface area contributed by atoms with E-state index in [1.807, 2.05) is 13.0 Å². The Morgan fingerprint density at radius 1 is 1.14 bits per heavy atom. The molecule has 3 rings (SSSR count). The Hall–Kier alpha value is -1.88. The van der Waals surface area contributed by atoms with Crippen LogP contribution >= 0.6 is 11.6 Å². The van der Waals surface area contributed by atoms with Gasteiger partial charge in [-0.1, -0.05) is 11.6 Å². The summed E-state index contributed by atoms with van der Waals surface area (Å²) >= 11 is 5.81. The Balaban J connectivity index is 1.83. The van der Waals surface area contributed by atoms with Crippen LogP contribution in [0.5, 0.6) is 0 Å². The third kappa shape index (κ3) is 3.47. The zero-order chi connectivity index (χ0) is 15.5. The van der Waals surface area contributed by atoms with E-state index >= 15 is 0 Å². The molecule has 0 atom stereocenters. The van der Waals surface area contributed by atoms with Gasteiger partial charge in [-0.25, -0.2) is 14.4 Å². The lowest BCUT2D eigenvalue weighted by molar-refractivity contribution is 0.572. The molecular weight excluding hydrogens is 303 g/mol. The summed E-state index contributed by atoms with van der Waals surface area (Å²) in [6, 6.07) is 6.45. The fraction of sp³-hybridized carbons (Fsp3) is 0.375. The number of anilines is 3. The molecule has 1 aliphatic heterocycles. The number of halogens is 2. The highest BCUT2D eigenvalue weighted by molar-refractivity contribution is 6.31. The molecule has 0 amide bonds. The van der Waals surface area contributed by atoms with E-state index < -0.39 is 5.82 Å². The topological polar surface area (TPSA) is 41.1 Å². The van der Waals surface area contributed by atoms with Gasteiger partial charge in [0.15, 0.2) is 0 Å². The molecule has 0 radical (unpaired) electrons. The molecule has 6 heteroatoms. The van der Waals surface area contributed by atoms with Crippen molar-refractivity contribution in [2.45, 2.75) is 26.2 Å². The molecule has 2 heterocycles. The van der Waals surface area contributed by atoms with Crippen molar-refractivity contribution < 1.29 is 4.39 Å². The van der Waals surface area contributed by atoms with Crippen LogP contribution in [0.3, 0.4) is 0 Å². The zero-order valence-electron chi connectivity index (χ0n) is 12.4. The number of aromatic nitrogens is 2. The quantitative estimate of drug-likeness (QED) is 0.915. The molecule has 1 aromatic carbocycles. The number of hydrogen-bond acceptors (Lipinski definition) is 4. The van der Waals surface area contributed by atoms with Gasteiger partial charge >= 0.3 is 0 Å². The molecule has 0 aliphatic carbocycles. The van der Waals surface area contributed by atoms with E-state index in [-0.39, 0.29) is 5.02 Å². The largest absolute Gasteiger partial charge is 0.356 e. The number of hydrogen-bond donors (Lipinski definition) is 1. The Morgan fingerprint density at radius 2 is 1.91 bits per heavy atom. The van der Waals surface area contributed by atoms with Crippen LogP contribution in [0, 0.1) is 12.7 Å². The van der Waals surface area contributed by atoms with E-state index in [9.17, 15) is 4.39 Å². The summed E-state index contributed by atoms with van der Waals surface area (Å²) in [6.07, 6.45) is 3.67. The van der Waals surface area contributed by atoms with Crippen molar-refractivity contribution in [1.82, 2.24) is 9.97 Å². The van der Waals surface area contributed by atoms with Crippen molar-refractivity contribution in [3.8, 4) is 0 Å². The zero-order valence-corrected chi connectivity index (χ0v) is 13.2. The number of rotatable bonds is 3. The van der Waals surface area contributed by atoms with Gasteiger partial charge in [-0.15, -0.1) is 0 Å². The van der Waals surface area contributed by atoms with Crippen LogP contribution in [-0.4, -0.2) is 23.1 Å². The van der Waals surface area contributed by atoms with Gasteiger partial charge in [0, 0.05) is 24.8 Å². The standard InChI is InChI=1S/C16H18ClFN4/c1-11-19-15(21-12-5-6-14(18)13(17)9-12)10-16(20-11)22-7-3-2-4-8-22/h5-6,9-10H,2-4,7-8H2,1H3,(H,19,20,21). The number of aryl methyl sites for hydroxylation is 1. The number of piperidine rings is 1. The fourth-order valence-corrected chi connectivity index (χ4v) is 2.80. The van der Waals surface area contributed by atoms with E-state index in [0.29, 0.717) is 17.3 Å². The summed E-state index contributed by atoms with van der Waals surface area (Å²) in [5.41, 5.74) is 0.703. The first-order valence-corrected chi connectivity index (χ1v) is 7.82. The first kappa shape index (κ1) is 15.0. The summed E-state index contributed by atoms with van der Waals surface area (Å²) in [5, 5.41) is 3.25. The van der Waals surface area contributed by atoms with Crippen LogP contribution in [0.2, 0.25) is 5.02 Å². The minimum absolute atomic E-state index is 0.0898. The van der Waals surface area contributed by atoms with Crippen molar-refractivity contribution in [1.29, 1.82) is 0 Å². The predicted octanol–water partition coefficient (Wildman–Crippen LogP) is 4.31. The van der Waals surface area contributed by atoms with Crippen molar-refractivity contribution in [2.24, 2.45) is 0 Å². The SMILES string of the molecule is Cc1nc(Nc2ccc(F)c(Cl)c2)cc(N2CCCCC2)n1. The Bertz CT molecular complexity index is 671. The highest BCUT2D eigenvalue weighted by atomic mass is 35.5. The Labute approximate surface area is 134 Å². The van der Waals surface area contributed by atoms with Gasteiger partial charge in [0.1, 0.15) is 23.3 Å². The molecule has 22 heavy (non-hydrogen) atoms. The summed E-state index contributed by atoms with van der Waals surface area (Å²) < 4.78 is 13.2. The third-order valence-corrected chi connectivity index (χ3v) is 3.99. The molecule has 116 valence electrons. The van der Waals surface area contributed by atoms with Crippen LogP contribution in [0.15, 0.2) is 24.3 Å². The van der Waals surface area contributed by atoms with Gasteiger partial charge in [-0.3, -0.25) is 0 Å². The fourth-order valence-electron chi connectivity index (χ4n) is 2.62. The molecule has 1 saturated heterocycles. The summed E-state index contributed by atoms with van der Waals surface area (Å²) in [5.74, 6) is 1.90. The van der Waals surface area contributed by atoms with Crippen LogP contribution in [0.25, 0.3) is 0 Å².